The first-order chi connectivity index (χ1) is 10.5. The number of nitrogens with zero attached hydrogens (tertiary/aromatic N) is 2. The van der Waals surface area contributed by atoms with E-state index in [1.807, 2.05) is 0 Å². The van der Waals surface area contributed by atoms with Gasteiger partial charge in [0.25, 0.3) is 5.91 Å². The zero-order chi connectivity index (χ0) is 15.7. The van der Waals surface area contributed by atoms with Crippen molar-refractivity contribution in [2.45, 2.75) is 19.8 Å². The van der Waals surface area contributed by atoms with Crippen molar-refractivity contribution < 1.29 is 14.4 Å². The van der Waals surface area contributed by atoms with E-state index in [1.165, 1.54) is 0 Å². The molecule has 1 aromatic carbocycles. The molecule has 0 atom stereocenters. The van der Waals surface area contributed by atoms with Crippen molar-refractivity contribution in [3.05, 3.63) is 29.3 Å². The maximum atomic E-state index is 12.6. The molecule has 3 rings (SSSR count). The summed E-state index contributed by atoms with van der Waals surface area (Å²) in [5.41, 5.74) is 2.27. The SMILES string of the molecule is CC(=O)N1CCCN(C(=O)c2ccc3c(c2)CC(=O)N3)CC1. The van der Waals surface area contributed by atoms with Gasteiger partial charge in [-0.1, -0.05) is 0 Å². The number of anilines is 1. The molecule has 2 heterocycles. The minimum atomic E-state index is -0.0357. The number of fused-ring (bicyclic) bond motifs is 1. The summed E-state index contributed by atoms with van der Waals surface area (Å²) < 4.78 is 0. The average molecular weight is 301 g/mol. The Morgan fingerprint density at radius 3 is 2.59 bits per heavy atom. The number of carbonyl (C=O) groups excluding carboxylic acids is 3. The lowest BCUT2D eigenvalue weighted by Crippen LogP contribution is -2.36. The third-order valence-corrected chi connectivity index (χ3v) is 4.21. The Bertz CT molecular complexity index is 642. The Hall–Kier alpha value is -2.37. The third kappa shape index (κ3) is 2.81. The van der Waals surface area contributed by atoms with Crippen LogP contribution in [0.25, 0.3) is 0 Å². The van der Waals surface area contributed by atoms with Crippen LogP contribution < -0.4 is 5.32 Å². The van der Waals surface area contributed by atoms with Gasteiger partial charge in [-0.05, 0) is 30.2 Å². The van der Waals surface area contributed by atoms with Crippen molar-refractivity contribution in [2.75, 3.05) is 31.5 Å². The van der Waals surface area contributed by atoms with Gasteiger partial charge in [0.15, 0.2) is 0 Å². The summed E-state index contributed by atoms with van der Waals surface area (Å²) in [4.78, 5) is 39.0. The fourth-order valence-corrected chi connectivity index (χ4v) is 2.98. The van der Waals surface area contributed by atoms with Crippen molar-refractivity contribution >= 4 is 23.4 Å². The van der Waals surface area contributed by atoms with Crippen LogP contribution in [-0.2, 0) is 16.0 Å². The highest BCUT2D eigenvalue weighted by Crippen LogP contribution is 2.24. The van der Waals surface area contributed by atoms with Crippen LogP contribution in [0.3, 0.4) is 0 Å². The van der Waals surface area contributed by atoms with Gasteiger partial charge >= 0.3 is 0 Å². The summed E-state index contributed by atoms with van der Waals surface area (Å²) >= 11 is 0. The van der Waals surface area contributed by atoms with Crippen LogP contribution in [0, 0.1) is 0 Å². The number of carbonyl (C=O) groups is 3. The molecule has 1 aromatic rings. The number of hydrogen-bond acceptors (Lipinski definition) is 3. The van der Waals surface area contributed by atoms with E-state index < -0.39 is 0 Å². The van der Waals surface area contributed by atoms with E-state index in [2.05, 4.69) is 5.32 Å². The molecule has 1 fully saturated rings. The van der Waals surface area contributed by atoms with E-state index >= 15 is 0 Å². The Morgan fingerprint density at radius 1 is 1.09 bits per heavy atom. The number of nitrogens with one attached hydrogen (secondary N) is 1. The second kappa shape index (κ2) is 5.79. The monoisotopic (exact) mass is 301 g/mol. The lowest BCUT2D eigenvalue weighted by Gasteiger charge is -2.21. The molecular weight excluding hydrogens is 282 g/mol. The molecule has 0 spiro atoms. The van der Waals surface area contributed by atoms with Crippen molar-refractivity contribution in [3.8, 4) is 0 Å². The van der Waals surface area contributed by atoms with Crippen LogP contribution in [0.4, 0.5) is 5.69 Å². The molecule has 0 aliphatic carbocycles. The first kappa shape index (κ1) is 14.6. The van der Waals surface area contributed by atoms with Gasteiger partial charge in [0.1, 0.15) is 0 Å². The van der Waals surface area contributed by atoms with Crippen LogP contribution in [0.5, 0.6) is 0 Å². The second-order valence-corrected chi connectivity index (χ2v) is 5.75. The van der Waals surface area contributed by atoms with Gasteiger partial charge in [0.05, 0.1) is 6.42 Å². The molecule has 116 valence electrons. The molecular formula is C16H19N3O3. The molecule has 0 unspecified atom stereocenters. The van der Waals surface area contributed by atoms with Gasteiger partial charge in [-0.2, -0.15) is 0 Å². The first-order valence-electron chi connectivity index (χ1n) is 7.52. The highest BCUT2D eigenvalue weighted by Gasteiger charge is 2.23. The molecule has 6 nitrogen and oxygen atoms in total. The van der Waals surface area contributed by atoms with Gasteiger partial charge in [0.2, 0.25) is 11.8 Å². The standard InChI is InChI=1S/C16H19N3O3/c1-11(20)18-5-2-6-19(8-7-18)16(22)12-3-4-14-13(9-12)10-15(21)17-14/h3-4,9H,2,5-8,10H2,1H3,(H,17,21). The summed E-state index contributed by atoms with van der Waals surface area (Å²) in [6.07, 6.45) is 1.12. The summed E-state index contributed by atoms with van der Waals surface area (Å²) in [6, 6.07) is 5.33. The normalized spacial score (nSPS) is 17.8. The second-order valence-electron chi connectivity index (χ2n) is 5.75. The third-order valence-electron chi connectivity index (χ3n) is 4.21. The molecule has 0 saturated carbocycles. The number of benzene rings is 1. The van der Waals surface area contributed by atoms with Crippen LogP contribution >= 0.6 is 0 Å². The Morgan fingerprint density at radius 2 is 1.82 bits per heavy atom. The van der Waals surface area contributed by atoms with Gasteiger partial charge < -0.3 is 15.1 Å². The van der Waals surface area contributed by atoms with Crippen molar-refractivity contribution in [1.82, 2.24) is 9.80 Å². The molecule has 0 bridgehead atoms. The van der Waals surface area contributed by atoms with Crippen molar-refractivity contribution in [1.29, 1.82) is 0 Å². The lowest BCUT2D eigenvalue weighted by molar-refractivity contribution is -0.128. The largest absolute Gasteiger partial charge is 0.341 e. The Labute approximate surface area is 129 Å². The fourth-order valence-electron chi connectivity index (χ4n) is 2.98. The van der Waals surface area contributed by atoms with Crippen LogP contribution in [0.2, 0.25) is 0 Å². The van der Waals surface area contributed by atoms with E-state index in [0.29, 0.717) is 38.2 Å². The predicted molar refractivity (Wildman–Crippen MR) is 81.6 cm³/mol. The van der Waals surface area contributed by atoms with Gasteiger partial charge in [-0.3, -0.25) is 14.4 Å². The highest BCUT2D eigenvalue weighted by molar-refractivity contribution is 6.01. The minimum absolute atomic E-state index is 0.0347. The van der Waals surface area contributed by atoms with Gasteiger partial charge in [-0.25, -0.2) is 0 Å². The molecule has 22 heavy (non-hydrogen) atoms. The molecule has 3 amide bonds. The van der Waals surface area contributed by atoms with E-state index in [9.17, 15) is 14.4 Å². The maximum absolute atomic E-state index is 12.6. The van der Waals surface area contributed by atoms with E-state index in [-0.39, 0.29) is 17.7 Å². The van der Waals surface area contributed by atoms with Crippen LogP contribution in [0.1, 0.15) is 29.3 Å². The smallest absolute Gasteiger partial charge is 0.253 e. The number of hydrogen-bond donors (Lipinski definition) is 1. The summed E-state index contributed by atoms with van der Waals surface area (Å²) in [5, 5.41) is 2.76. The Kier molecular flexibility index (Phi) is 3.83. The lowest BCUT2D eigenvalue weighted by atomic mass is 10.1. The molecule has 2 aliphatic rings. The summed E-state index contributed by atoms with van der Waals surface area (Å²) in [6.45, 7) is 4.03. The number of amides is 3. The summed E-state index contributed by atoms with van der Waals surface area (Å²) in [7, 11) is 0. The topological polar surface area (TPSA) is 69.7 Å². The predicted octanol–water partition coefficient (Wildman–Crippen LogP) is 0.876. The minimum Gasteiger partial charge on any atom is -0.341 e. The van der Waals surface area contributed by atoms with E-state index in [0.717, 1.165) is 17.7 Å². The molecule has 6 heteroatoms. The summed E-state index contributed by atoms with van der Waals surface area (Å²) in [5.74, 6) is -0.0181. The average Bonchev–Trinajstić information content (AvgIpc) is 2.70. The maximum Gasteiger partial charge on any atom is 0.253 e. The van der Waals surface area contributed by atoms with Gasteiger partial charge in [0, 0.05) is 44.4 Å². The molecule has 0 radical (unpaired) electrons. The first-order valence-corrected chi connectivity index (χ1v) is 7.52. The molecule has 1 saturated heterocycles. The van der Waals surface area contributed by atoms with Crippen LogP contribution in [-0.4, -0.2) is 53.7 Å². The van der Waals surface area contributed by atoms with Gasteiger partial charge in [-0.15, -0.1) is 0 Å². The molecule has 1 N–H and O–H groups in total. The van der Waals surface area contributed by atoms with E-state index in [4.69, 9.17) is 0 Å². The zero-order valence-electron chi connectivity index (χ0n) is 12.6. The quantitative estimate of drug-likeness (QED) is 0.837. The highest BCUT2D eigenvalue weighted by atomic mass is 16.2. The fraction of sp³-hybridized carbons (Fsp3) is 0.438. The van der Waals surface area contributed by atoms with Crippen molar-refractivity contribution in [3.63, 3.8) is 0 Å². The molecule has 0 aromatic heterocycles. The Balaban J connectivity index is 1.73. The zero-order valence-corrected chi connectivity index (χ0v) is 12.6. The molecule has 2 aliphatic heterocycles. The number of rotatable bonds is 1. The van der Waals surface area contributed by atoms with E-state index in [1.54, 1.807) is 34.9 Å². The van der Waals surface area contributed by atoms with Crippen molar-refractivity contribution in [2.24, 2.45) is 0 Å². The van der Waals surface area contributed by atoms with Crippen LogP contribution in [0.15, 0.2) is 18.2 Å².